The summed E-state index contributed by atoms with van der Waals surface area (Å²) in [7, 11) is 0. The SMILES string of the molecule is CCOc1ccccc1NC(=S)NC(=O)c1cccc(C)c1. The van der Waals surface area contributed by atoms with Crippen molar-refractivity contribution in [1.29, 1.82) is 0 Å². The second-order valence-corrected chi connectivity index (χ2v) is 5.12. The average Bonchev–Trinajstić information content (AvgIpc) is 2.49. The Morgan fingerprint density at radius 1 is 1.18 bits per heavy atom. The minimum atomic E-state index is -0.241. The van der Waals surface area contributed by atoms with Crippen molar-refractivity contribution in [2.24, 2.45) is 0 Å². The van der Waals surface area contributed by atoms with Crippen molar-refractivity contribution >= 4 is 28.9 Å². The summed E-state index contributed by atoms with van der Waals surface area (Å²) in [6.45, 7) is 4.40. The van der Waals surface area contributed by atoms with Gasteiger partial charge in [0.25, 0.3) is 5.91 Å². The third kappa shape index (κ3) is 4.30. The van der Waals surface area contributed by atoms with Crippen LogP contribution in [0.4, 0.5) is 5.69 Å². The van der Waals surface area contributed by atoms with E-state index in [9.17, 15) is 4.79 Å². The number of thiocarbonyl (C=S) groups is 1. The lowest BCUT2D eigenvalue weighted by Crippen LogP contribution is -2.34. The first-order chi connectivity index (χ1) is 10.6. The molecule has 0 aromatic heterocycles. The molecule has 2 rings (SSSR count). The molecule has 2 aromatic rings. The predicted octanol–water partition coefficient (Wildman–Crippen LogP) is 3.52. The molecule has 114 valence electrons. The summed E-state index contributed by atoms with van der Waals surface area (Å²) in [6, 6.07) is 14.8. The van der Waals surface area contributed by atoms with Crippen molar-refractivity contribution in [1.82, 2.24) is 5.32 Å². The molecule has 0 heterocycles. The van der Waals surface area contributed by atoms with Crippen LogP contribution in [0, 0.1) is 6.92 Å². The minimum absolute atomic E-state index is 0.235. The van der Waals surface area contributed by atoms with Gasteiger partial charge in [0.1, 0.15) is 5.75 Å². The van der Waals surface area contributed by atoms with Gasteiger partial charge in [0, 0.05) is 5.56 Å². The molecule has 0 aliphatic carbocycles. The number of ether oxygens (including phenoxy) is 1. The maximum absolute atomic E-state index is 12.1. The van der Waals surface area contributed by atoms with Gasteiger partial charge >= 0.3 is 0 Å². The van der Waals surface area contributed by atoms with Crippen LogP contribution in [-0.4, -0.2) is 17.6 Å². The maximum atomic E-state index is 12.1. The number of rotatable bonds is 4. The Morgan fingerprint density at radius 3 is 2.68 bits per heavy atom. The number of aryl methyl sites for hydroxylation is 1. The van der Waals surface area contributed by atoms with Crippen LogP contribution in [0.1, 0.15) is 22.8 Å². The lowest BCUT2D eigenvalue weighted by molar-refractivity contribution is 0.0977. The highest BCUT2D eigenvalue weighted by Crippen LogP contribution is 2.23. The smallest absolute Gasteiger partial charge is 0.257 e. The molecule has 0 saturated heterocycles. The third-order valence-electron chi connectivity index (χ3n) is 2.94. The van der Waals surface area contributed by atoms with E-state index in [4.69, 9.17) is 17.0 Å². The van der Waals surface area contributed by atoms with E-state index in [1.807, 2.05) is 56.3 Å². The molecule has 0 atom stereocenters. The number of para-hydroxylation sites is 2. The third-order valence-corrected chi connectivity index (χ3v) is 3.15. The van der Waals surface area contributed by atoms with Gasteiger partial charge in [-0.25, -0.2) is 0 Å². The largest absolute Gasteiger partial charge is 0.492 e. The van der Waals surface area contributed by atoms with E-state index in [2.05, 4.69) is 10.6 Å². The zero-order valence-electron chi connectivity index (χ0n) is 12.6. The standard InChI is InChI=1S/C17H18N2O2S/c1-3-21-15-10-5-4-9-14(15)18-17(22)19-16(20)13-8-6-7-12(2)11-13/h4-11H,3H2,1-2H3,(H2,18,19,20,22). The molecule has 2 aromatic carbocycles. The highest BCUT2D eigenvalue weighted by molar-refractivity contribution is 7.80. The van der Waals surface area contributed by atoms with Crippen LogP contribution in [0.15, 0.2) is 48.5 Å². The first-order valence-electron chi connectivity index (χ1n) is 7.01. The molecule has 0 aliphatic rings. The Kier molecular flexibility index (Phi) is 5.49. The number of carbonyl (C=O) groups excluding carboxylic acids is 1. The van der Waals surface area contributed by atoms with Crippen LogP contribution in [0.25, 0.3) is 0 Å². The van der Waals surface area contributed by atoms with Gasteiger partial charge < -0.3 is 10.1 Å². The molecule has 0 aliphatic heterocycles. The molecule has 22 heavy (non-hydrogen) atoms. The van der Waals surface area contributed by atoms with Crippen molar-refractivity contribution in [3.8, 4) is 5.75 Å². The second kappa shape index (κ2) is 7.56. The van der Waals surface area contributed by atoms with E-state index in [0.717, 1.165) is 11.3 Å². The van der Waals surface area contributed by atoms with Crippen molar-refractivity contribution in [3.63, 3.8) is 0 Å². The van der Waals surface area contributed by atoms with E-state index in [1.54, 1.807) is 6.07 Å². The first kappa shape index (κ1) is 16.0. The van der Waals surface area contributed by atoms with E-state index in [1.165, 1.54) is 0 Å². The van der Waals surface area contributed by atoms with Crippen LogP contribution < -0.4 is 15.4 Å². The molecule has 0 bridgehead atoms. The van der Waals surface area contributed by atoms with Gasteiger partial charge in [-0.05, 0) is 50.3 Å². The van der Waals surface area contributed by atoms with E-state index in [0.29, 0.717) is 17.9 Å². The van der Waals surface area contributed by atoms with Gasteiger partial charge in [-0.3, -0.25) is 10.1 Å². The number of hydrogen-bond acceptors (Lipinski definition) is 3. The molecular weight excluding hydrogens is 296 g/mol. The number of carbonyl (C=O) groups is 1. The predicted molar refractivity (Wildman–Crippen MR) is 92.5 cm³/mol. The van der Waals surface area contributed by atoms with E-state index < -0.39 is 0 Å². The Bertz CT molecular complexity index is 686. The fourth-order valence-electron chi connectivity index (χ4n) is 1.97. The van der Waals surface area contributed by atoms with Gasteiger partial charge in [0.2, 0.25) is 0 Å². The number of amides is 1. The van der Waals surface area contributed by atoms with Gasteiger partial charge in [-0.15, -0.1) is 0 Å². The zero-order chi connectivity index (χ0) is 15.9. The lowest BCUT2D eigenvalue weighted by atomic mass is 10.1. The van der Waals surface area contributed by atoms with Gasteiger partial charge in [-0.1, -0.05) is 29.8 Å². The molecule has 0 radical (unpaired) electrons. The average molecular weight is 314 g/mol. The molecule has 2 N–H and O–H groups in total. The highest BCUT2D eigenvalue weighted by atomic mass is 32.1. The molecule has 0 spiro atoms. The summed E-state index contributed by atoms with van der Waals surface area (Å²) in [5, 5.41) is 5.89. The van der Waals surface area contributed by atoms with Crippen LogP contribution in [0.5, 0.6) is 5.75 Å². The van der Waals surface area contributed by atoms with Gasteiger partial charge in [0.05, 0.1) is 12.3 Å². The molecule has 4 nitrogen and oxygen atoms in total. The number of hydrogen-bond donors (Lipinski definition) is 2. The topological polar surface area (TPSA) is 50.4 Å². The highest BCUT2D eigenvalue weighted by Gasteiger charge is 2.09. The number of nitrogens with one attached hydrogen (secondary N) is 2. The monoisotopic (exact) mass is 314 g/mol. The maximum Gasteiger partial charge on any atom is 0.257 e. The van der Waals surface area contributed by atoms with Crippen molar-refractivity contribution in [2.45, 2.75) is 13.8 Å². The fraction of sp³-hybridized carbons (Fsp3) is 0.176. The summed E-state index contributed by atoms with van der Waals surface area (Å²) >= 11 is 5.19. The Morgan fingerprint density at radius 2 is 1.95 bits per heavy atom. The molecule has 0 unspecified atom stereocenters. The van der Waals surface area contributed by atoms with Crippen LogP contribution in [-0.2, 0) is 0 Å². The molecule has 1 amide bonds. The minimum Gasteiger partial charge on any atom is -0.492 e. The quantitative estimate of drug-likeness (QED) is 0.848. The summed E-state index contributed by atoms with van der Waals surface area (Å²) in [4.78, 5) is 12.1. The molecule has 5 heteroatoms. The van der Waals surface area contributed by atoms with Crippen molar-refractivity contribution in [2.75, 3.05) is 11.9 Å². The van der Waals surface area contributed by atoms with E-state index >= 15 is 0 Å². The van der Waals surface area contributed by atoms with Gasteiger partial charge in [0.15, 0.2) is 5.11 Å². The van der Waals surface area contributed by atoms with Crippen LogP contribution in [0.3, 0.4) is 0 Å². The zero-order valence-corrected chi connectivity index (χ0v) is 13.4. The van der Waals surface area contributed by atoms with E-state index in [-0.39, 0.29) is 11.0 Å². The first-order valence-corrected chi connectivity index (χ1v) is 7.42. The Labute approximate surface area is 135 Å². The Hall–Kier alpha value is -2.40. The molecule has 0 fully saturated rings. The van der Waals surface area contributed by atoms with Gasteiger partial charge in [-0.2, -0.15) is 0 Å². The van der Waals surface area contributed by atoms with Crippen LogP contribution in [0.2, 0.25) is 0 Å². The summed E-state index contributed by atoms with van der Waals surface area (Å²) < 4.78 is 5.51. The van der Waals surface area contributed by atoms with Crippen molar-refractivity contribution in [3.05, 3.63) is 59.7 Å². The number of benzene rings is 2. The van der Waals surface area contributed by atoms with Crippen LogP contribution >= 0.6 is 12.2 Å². The summed E-state index contributed by atoms with van der Waals surface area (Å²) in [5.41, 5.74) is 2.31. The molecule has 0 saturated carbocycles. The lowest BCUT2D eigenvalue weighted by Gasteiger charge is -2.13. The Balaban J connectivity index is 2.03. The molecular formula is C17H18N2O2S. The number of anilines is 1. The van der Waals surface area contributed by atoms with Crippen molar-refractivity contribution < 1.29 is 9.53 Å². The fourth-order valence-corrected chi connectivity index (χ4v) is 2.17. The normalized spacial score (nSPS) is 9.91. The summed E-state index contributed by atoms with van der Waals surface area (Å²) in [5.74, 6) is 0.451. The summed E-state index contributed by atoms with van der Waals surface area (Å²) in [6.07, 6.45) is 0. The second-order valence-electron chi connectivity index (χ2n) is 4.71.